The van der Waals surface area contributed by atoms with Crippen molar-refractivity contribution in [2.24, 2.45) is 17.8 Å². The maximum absolute atomic E-state index is 12.4. The van der Waals surface area contributed by atoms with E-state index in [0.717, 1.165) is 22.2 Å². The molecule has 3 atom stereocenters. The van der Waals surface area contributed by atoms with Gasteiger partial charge < -0.3 is 15.0 Å². The summed E-state index contributed by atoms with van der Waals surface area (Å²) in [6, 6.07) is 5.89. The second-order valence-electron chi connectivity index (χ2n) is 7.58. The molecule has 1 aliphatic carbocycles. The predicted octanol–water partition coefficient (Wildman–Crippen LogP) is 3.38. The Morgan fingerprint density at radius 3 is 2.74 bits per heavy atom. The fourth-order valence-corrected chi connectivity index (χ4v) is 4.23. The molecule has 8 heteroatoms. The number of benzene rings is 1. The van der Waals surface area contributed by atoms with Crippen molar-refractivity contribution in [3.8, 4) is 0 Å². The van der Waals surface area contributed by atoms with Gasteiger partial charge in [-0.1, -0.05) is 6.07 Å². The molecule has 2 aliphatic rings. The van der Waals surface area contributed by atoms with Crippen LogP contribution in [0.25, 0.3) is 10.9 Å². The van der Waals surface area contributed by atoms with Gasteiger partial charge in [0.2, 0.25) is 5.91 Å². The molecule has 2 fully saturated rings. The molecule has 146 valence electrons. The van der Waals surface area contributed by atoms with E-state index >= 15 is 0 Å². The number of hydrogen-bond donors (Lipinski definition) is 2. The zero-order valence-electron chi connectivity index (χ0n) is 15.0. The van der Waals surface area contributed by atoms with Crippen molar-refractivity contribution in [3.05, 3.63) is 30.0 Å². The zero-order chi connectivity index (χ0) is 19.2. The van der Waals surface area contributed by atoms with Crippen LogP contribution < -0.4 is 5.32 Å². The lowest BCUT2D eigenvalue weighted by atomic mass is 10.1. The van der Waals surface area contributed by atoms with Crippen molar-refractivity contribution in [2.75, 3.05) is 31.6 Å². The molecule has 5 nitrogen and oxygen atoms in total. The molecule has 1 aromatic heterocycles. The summed E-state index contributed by atoms with van der Waals surface area (Å²) in [6.07, 6.45) is -2.36. The van der Waals surface area contributed by atoms with E-state index in [1.807, 2.05) is 18.2 Å². The lowest BCUT2D eigenvalue weighted by Crippen LogP contribution is -2.34. The quantitative estimate of drug-likeness (QED) is 0.807. The van der Waals surface area contributed by atoms with E-state index in [1.165, 1.54) is 11.8 Å². The number of hydrogen-bond acceptors (Lipinski definition) is 3. The van der Waals surface area contributed by atoms with Crippen molar-refractivity contribution in [3.63, 3.8) is 0 Å². The maximum Gasteiger partial charge on any atom is 0.401 e. The number of anilines is 1. The summed E-state index contributed by atoms with van der Waals surface area (Å²) < 4.78 is 43.1. The van der Waals surface area contributed by atoms with Crippen LogP contribution in [0.4, 0.5) is 18.9 Å². The first-order chi connectivity index (χ1) is 12.8. The van der Waals surface area contributed by atoms with Gasteiger partial charge in [0.1, 0.15) is 0 Å². The highest BCUT2D eigenvalue weighted by atomic mass is 19.4. The third-order valence-electron chi connectivity index (χ3n) is 5.49. The van der Waals surface area contributed by atoms with Crippen molar-refractivity contribution in [1.29, 1.82) is 0 Å². The Bertz CT molecular complexity index is 836. The number of nitrogens with one attached hydrogen (secondary N) is 2. The molecule has 1 saturated carbocycles. The first-order valence-corrected chi connectivity index (χ1v) is 9.04. The topological polar surface area (TPSA) is 57.4 Å². The molecule has 0 unspecified atom stereocenters. The number of carbonyl (C=O) groups is 1. The Kier molecular flexibility index (Phi) is 4.63. The number of alkyl halides is 3. The molecular formula is C19H22F3N3O2. The molecule has 1 amide bonds. The number of aromatic amines is 1. The predicted molar refractivity (Wildman–Crippen MR) is 95.2 cm³/mol. The lowest BCUT2D eigenvalue weighted by molar-refractivity contribution is -0.145. The molecular weight excluding hydrogens is 359 g/mol. The van der Waals surface area contributed by atoms with Crippen molar-refractivity contribution >= 4 is 22.5 Å². The van der Waals surface area contributed by atoms with Crippen LogP contribution in [-0.2, 0) is 16.1 Å². The van der Waals surface area contributed by atoms with Gasteiger partial charge >= 0.3 is 6.18 Å². The Hall–Kier alpha value is -2.06. The van der Waals surface area contributed by atoms with Crippen LogP contribution in [0.2, 0.25) is 0 Å². The molecule has 0 radical (unpaired) electrons. The van der Waals surface area contributed by atoms with Gasteiger partial charge in [-0.05, 0) is 35.4 Å². The van der Waals surface area contributed by atoms with E-state index in [4.69, 9.17) is 4.74 Å². The number of rotatable bonds is 6. The van der Waals surface area contributed by atoms with E-state index in [2.05, 4.69) is 10.3 Å². The summed E-state index contributed by atoms with van der Waals surface area (Å²) in [5.74, 6) is 0.926. The third-order valence-corrected chi connectivity index (χ3v) is 5.49. The number of likely N-dealkylation sites (tertiary alicyclic amines) is 1. The Morgan fingerprint density at radius 1 is 1.33 bits per heavy atom. The number of carbonyl (C=O) groups excluding carboxylic acids is 1. The molecule has 0 bridgehead atoms. The number of aromatic nitrogens is 1. The van der Waals surface area contributed by atoms with Crippen molar-refractivity contribution in [2.45, 2.75) is 19.7 Å². The van der Waals surface area contributed by atoms with Crippen LogP contribution >= 0.6 is 0 Å². The highest BCUT2D eigenvalue weighted by molar-refractivity contribution is 6.01. The fourth-order valence-electron chi connectivity index (χ4n) is 4.23. The smallest absolute Gasteiger partial charge is 0.376 e. The van der Waals surface area contributed by atoms with Crippen LogP contribution in [0, 0.1) is 17.8 Å². The van der Waals surface area contributed by atoms with E-state index in [0.29, 0.717) is 44.1 Å². The van der Waals surface area contributed by atoms with Crippen LogP contribution in [0.3, 0.4) is 0 Å². The second-order valence-corrected chi connectivity index (χ2v) is 7.58. The minimum atomic E-state index is -4.12. The Labute approximate surface area is 154 Å². The summed E-state index contributed by atoms with van der Waals surface area (Å²) >= 11 is 0. The van der Waals surface area contributed by atoms with E-state index < -0.39 is 12.7 Å². The van der Waals surface area contributed by atoms with Crippen LogP contribution in [0.15, 0.2) is 24.4 Å². The monoisotopic (exact) mass is 381 g/mol. The molecule has 4 rings (SSSR count). The SMILES string of the molecule is CC(=O)Nc1c[nH]c2ccc(COC[C@H]3[C@H]4CN(CC(F)(F)F)C[C@@H]34)cc12. The Morgan fingerprint density at radius 2 is 2.07 bits per heavy atom. The average molecular weight is 381 g/mol. The van der Waals surface area contributed by atoms with Gasteiger partial charge in [-0.15, -0.1) is 0 Å². The van der Waals surface area contributed by atoms with Crippen molar-refractivity contribution in [1.82, 2.24) is 9.88 Å². The number of H-pyrrole nitrogens is 1. The summed E-state index contributed by atoms with van der Waals surface area (Å²) in [4.78, 5) is 15.9. The van der Waals surface area contributed by atoms with Gasteiger partial charge in [-0.2, -0.15) is 13.2 Å². The second kappa shape index (κ2) is 6.83. The summed E-state index contributed by atoms with van der Waals surface area (Å²) in [5, 5.41) is 3.72. The van der Waals surface area contributed by atoms with Crippen LogP contribution in [0.5, 0.6) is 0 Å². The number of halogens is 3. The fraction of sp³-hybridized carbons (Fsp3) is 0.526. The number of amides is 1. The van der Waals surface area contributed by atoms with Gasteiger partial charge in [-0.3, -0.25) is 9.69 Å². The summed E-state index contributed by atoms with van der Waals surface area (Å²) in [6.45, 7) is 2.73. The highest BCUT2D eigenvalue weighted by Crippen LogP contribution is 2.52. The zero-order valence-corrected chi connectivity index (χ0v) is 15.0. The summed E-state index contributed by atoms with van der Waals surface area (Å²) in [5.41, 5.74) is 2.67. The minimum absolute atomic E-state index is 0.127. The average Bonchev–Trinajstić information content (AvgIpc) is 2.92. The molecule has 1 aliphatic heterocycles. The van der Waals surface area contributed by atoms with Gasteiger partial charge in [0.15, 0.2) is 0 Å². The van der Waals surface area contributed by atoms with Gasteiger partial charge in [0, 0.05) is 37.1 Å². The third kappa shape index (κ3) is 4.11. The van der Waals surface area contributed by atoms with Gasteiger partial charge in [-0.25, -0.2) is 0 Å². The lowest BCUT2D eigenvalue weighted by Gasteiger charge is -2.20. The first-order valence-electron chi connectivity index (χ1n) is 9.04. The molecule has 0 spiro atoms. The van der Waals surface area contributed by atoms with E-state index in [1.54, 1.807) is 6.20 Å². The standard InChI is InChI=1S/C19H22F3N3O2/c1-11(26)24-18-5-23-17-3-2-12(4-13(17)18)8-27-9-16-14-6-25(7-15(14)16)10-19(20,21)22/h2-5,14-16,23H,6-10H2,1H3,(H,24,26)/t14-,15+,16-. The molecule has 1 aromatic carbocycles. The normalized spacial score (nSPS) is 25.0. The number of nitrogens with zero attached hydrogens (tertiary/aromatic N) is 1. The highest BCUT2D eigenvalue weighted by Gasteiger charge is 2.56. The minimum Gasteiger partial charge on any atom is -0.376 e. The first kappa shape index (κ1) is 18.3. The van der Waals surface area contributed by atoms with E-state index in [-0.39, 0.29) is 5.91 Å². The largest absolute Gasteiger partial charge is 0.401 e. The molecule has 1 saturated heterocycles. The summed E-state index contributed by atoms with van der Waals surface area (Å²) in [7, 11) is 0. The van der Waals surface area contributed by atoms with E-state index in [9.17, 15) is 18.0 Å². The molecule has 2 heterocycles. The number of fused-ring (bicyclic) bond motifs is 2. The Balaban J connectivity index is 1.27. The number of ether oxygens (including phenoxy) is 1. The van der Waals surface area contributed by atoms with Gasteiger partial charge in [0.05, 0.1) is 25.4 Å². The van der Waals surface area contributed by atoms with Crippen LogP contribution in [-0.4, -0.2) is 48.2 Å². The van der Waals surface area contributed by atoms with Crippen molar-refractivity contribution < 1.29 is 22.7 Å². The molecule has 2 aromatic rings. The molecule has 27 heavy (non-hydrogen) atoms. The van der Waals surface area contributed by atoms with Gasteiger partial charge in [0.25, 0.3) is 0 Å². The maximum atomic E-state index is 12.4. The van der Waals surface area contributed by atoms with Crippen LogP contribution in [0.1, 0.15) is 12.5 Å². The molecule has 2 N–H and O–H groups in total. The number of piperidine rings is 1.